The second kappa shape index (κ2) is 33.9. The molecule has 1 N–H and O–H groups in total. The molecule has 0 fully saturated rings. The summed E-state index contributed by atoms with van der Waals surface area (Å²) in [5, 5.41) is 0. The quantitative estimate of drug-likeness (QED) is 0.0397. The Morgan fingerprint density at radius 3 is 1.20 bits per heavy atom. The zero-order valence-electron chi connectivity index (χ0n) is 30.2. The number of ether oxygens (including phenoxy) is 2. The smallest absolute Gasteiger partial charge is 0.462 e. The van der Waals surface area contributed by atoms with Gasteiger partial charge in [0.1, 0.15) is 6.61 Å². The Bertz CT molecular complexity index is 732. The van der Waals surface area contributed by atoms with Gasteiger partial charge in [-0.1, -0.05) is 174 Å². The molecule has 2 atom stereocenters. The summed E-state index contributed by atoms with van der Waals surface area (Å²) < 4.78 is 31.9. The Kier molecular flexibility index (Phi) is 33.2. The van der Waals surface area contributed by atoms with Crippen molar-refractivity contribution in [2.75, 3.05) is 20.3 Å². The van der Waals surface area contributed by atoms with Crippen LogP contribution in [0.5, 0.6) is 0 Å². The van der Waals surface area contributed by atoms with Gasteiger partial charge in [-0.25, -0.2) is 4.57 Å². The molecular formula is C37H73O8P. The van der Waals surface area contributed by atoms with Crippen molar-refractivity contribution in [1.29, 1.82) is 0 Å². The second-order valence-electron chi connectivity index (χ2n) is 13.1. The van der Waals surface area contributed by atoms with Crippen molar-refractivity contribution >= 4 is 19.8 Å². The van der Waals surface area contributed by atoms with Crippen LogP contribution in [-0.2, 0) is 32.7 Å². The Balaban J connectivity index is 4.00. The van der Waals surface area contributed by atoms with Crippen LogP contribution in [0, 0.1) is 0 Å². The second-order valence-corrected chi connectivity index (χ2v) is 14.6. The van der Waals surface area contributed by atoms with E-state index in [9.17, 15) is 19.0 Å². The van der Waals surface area contributed by atoms with E-state index in [1.807, 2.05) is 0 Å². The molecule has 8 nitrogen and oxygen atoms in total. The standard InChI is InChI=1S/C37H73O8P/c1-4-6-8-10-12-14-16-17-18-19-20-22-24-26-28-30-32-37(39)45-35(34-44-46(40,41)42-3)33-43-36(38)31-29-27-25-23-21-15-13-11-9-7-5-2/h35H,4-34H2,1-3H3,(H,40,41). The van der Waals surface area contributed by atoms with Crippen molar-refractivity contribution in [2.45, 2.75) is 206 Å². The maximum Gasteiger partial charge on any atom is 0.472 e. The van der Waals surface area contributed by atoms with Gasteiger partial charge < -0.3 is 14.4 Å². The van der Waals surface area contributed by atoms with Crippen molar-refractivity contribution in [3.63, 3.8) is 0 Å². The van der Waals surface area contributed by atoms with Gasteiger partial charge in [-0.2, -0.15) is 0 Å². The van der Waals surface area contributed by atoms with Crippen molar-refractivity contribution in [1.82, 2.24) is 0 Å². The van der Waals surface area contributed by atoms with Crippen LogP contribution in [0.2, 0.25) is 0 Å². The molecule has 274 valence electrons. The van der Waals surface area contributed by atoms with Crippen LogP contribution in [0.1, 0.15) is 200 Å². The summed E-state index contributed by atoms with van der Waals surface area (Å²) in [5.74, 6) is -0.792. The first kappa shape index (κ1) is 45.0. The van der Waals surface area contributed by atoms with Crippen LogP contribution in [0.4, 0.5) is 0 Å². The van der Waals surface area contributed by atoms with Crippen LogP contribution >= 0.6 is 7.82 Å². The molecule has 0 aliphatic heterocycles. The van der Waals surface area contributed by atoms with Gasteiger partial charge in [0.15, 0.2) is 6.10 Å². The summed E-state index contributed by atoms with van der Waals surface area (Å²) in [6.45, 7) is 3.89. The molecule has 0 aromatic rings. The fourth-order valence-electron chi connectivity index (χ4n) is 5.60. The number of carbonyl (C=O) groups excluding carboxylic acids is 2. The number of phosphoric acid groups is 1. The van der Waals surface area contributed by atoms with E-state index in [2.05, 4.69) is 18.4 Å². The van der Waals surface area contributed by atoms with E-state index in [4.69, 9.17) is 14.0 Å². The Hall–Kier alpha value is -0.950. The van der Waals surface area contributed by atoms with Gasteiger partial charge in [0.05, 0.1) is 6.61 Å². The molecule has 0 aliphatic carbocycles. The van der Waals surface area contributed by atoms with Crippen molar-refractivity contribution in [3.8, 4) is 0 Å². The third-order valence-electron chi connectivity index (χ3n) is 8.60. The lowest BCUT2D eigenvalue weighted by Crippen LogP contribution is -2.29. The van der Waals surface area contributed by atoms with Crippen LogP contribution in [-0.4, -0.2) is 43.3 Å². The maximum atomic E-state index is 12.4. The van der Waals surface area contributed by atoms with E-state index >= 15 is 0 Å². The van der Waals surface area contributed by atoms with E-state index in [0.29, 0.717) is 6.42 Å². The van der Waals surface area contributed by atoms with E-state index in [1.54, 1.807) is 0 Å². The van der Waals surface area contributed by atoms with Gasteiger partial charge in [-0.15, -0.1) is 0 Å². The number of hydrogen-bond donors (Lipinski definition) is 1. The largest absolute Gasteiger partial charge is 0.472 e. The number of rotatable bonds is 36. The summed E-state index contributed by atoms with van der Waals surface area (Å²) in [7, 11) is -3.18. The molecule has 0 rings (SSSR count). The molecule has 0 heterocycles. The highest BCUT2D eigenvalue weighted by Gasteiger charge is 2.24. The molecular weight excluding hydrogens is 603 g/mol. The molecule has 0 spiro atoms. The fourth-order valence-corrected chi connectivity index (χ4v) is 6.06. The average Bonchev–Trinajstić information content (AvgIpc) is 3.04. The van der Waals surface area contributed by atoms with Crippen LogP contribution in [0.3, 0.4) is 0 Å². The molecule has 0 saturated heterocycles. The topological polar surface area (TPSA) is 108 Å². The Morgan fingerprint density at radius 2 is 0.848 bits per heavy atom. The molecule has 0 saturated carbocycles. The summed E-state index contributed by atoms with van der Waals surface area (Å²) in [6, 6.07) is 0. The predicted molar refractivity (Wildman–Crippen MR) is 189 cm³/mol. The van der Waals surface area contributed by atoms with Crippen LogP contribution in [0.25, 0.3) is 0 Å². The maximum absolute atomic E-state index is 12.4. The highest BCUT2D eigenvalue weighted by Crippen LogP contribution is 2.42. The van der Waals surface area contributed by atoms with Crippen LogP contribution < -0.4 is 0 Å². The average molecular weight is 677 g/mol. The summed E-state index contributed by atoms with van der Waals surface area (Å²) in [6.07, 6.45) is 32.9. The monoisotopic (exact) mass is 677 g/mol. The molecule has 0 radical (unpaired) electrons. The van der Waals surface area contributed by atoms with E-state index in [-0.39, 0.29) is 19.0 Å². The lowest BCUT2D eigenvalue weighted by atomic mass is 10.0. The van der Waals surface area contributed by atoms with Gasteiger partial charge in [0.2, 0.25) is 0 Å². The molecule has 0 aliphatic rings. The lowest BCUT2D eigenvalue weighted by molar-refractivity contribution is -0.161. The fraction of sp³-hybridized carbons (Fsp3) is 0.946. The first-order valence-corrected chi connectivity index (χ1v) is 20.7. The summed E-state index contributed by atoms with van der Waals surface area (Å²) >= 11 is 0. The van der Waals surface area contributed by atoms with Crippen molar-refractivity contribution in [3.05, 3.63) is 0 Å². The molecule has 0 aromatic heterocycles. The number of unbranched alkanes of at least 4 members (excludes halogenated alkanes) is 25. The molecule has 0 bridgehead atoms. The molecule has 0 amide bonds. The normalized spacial score (nSPS) is 13.4. The molecule has 9 heteroatoms. The molecule has 46 heavy (non-hydrogen) atoms. The van der Waals surface area contributed by atoms with Gasteiger partial charge in [-0.05, 0) is 12.8 Å². The van der Waals surface area contributed by atoms with Gasteiger partial charge in [-0.3, -0.25) is 18.6 Å². The highest BCUT2D eigenvalue weighted by atomic mass is 31.2. The Labute approximate surface area is 283 Å². The van der Waals surface area contributed by atoms with Crippen molar-refractivity contribution < 1.29 is 37.6 Å². The number of phosphoric ester groups is 1. The highest BCUT2D eigenvalue weighted by molar-refractivity contribution is 7.47. The van der Waals surface area contributed by atoms with Gasteiger partial charge >= 0.3 is 19.8 Å². The number of carbonyl (C=O) groups is 2. The van der Waals surface area contributed by atoms with E-state index < -0.39 is 26.5 Å². The number of esters is 2. The first-order valence-electron chi connectivity index (χ1n) is 19.2. The molecule has 0 aromatic carbocycles. The summed E-state index contributed by atoms with van der Waals surface area (Å²) in [4.78, 5) is 34.3. The van der Waals surface area contributed by atoms with Crippen molar-refractivity contribution in [2.24, 2.45) is 0 Å². The first-order chi connectivity index (χ1) is 22.3. The van der Waals surface area contributed by atoms with Crippen LogP contribution in [0.15, 0.2) is 0 Å². The lowest BCUT2D eigenvalue weighted by Gasteiger charge is -2.19. The third-order valence-corrected chi connectivity index (χ3v) is 9.54. The predicted octanol–water partition coefficient (Wildman–Crippen LogP) is 11.6. The zero-order valence-corrected chi connectivity index (χ0v) is 31.1. The van der Waals surface area contributed by atoms with Gasteiger partial charge in [0.25, 0.3) is 0 Å². The minimum atomic E-state index is -4.25. The van der Waals surface area contributed by atoms with Gasteiger partial charge in [0, 0.05) is 20.0 Å². The summed E-state index contributed by atoms with van der Waals surface area (Å²) in [5.41, 5.74) is 0. The third kappa shape index (κ3) is 33.0. The zero-order chi connectivity index (χ0) is 34.0. The minimum Gasteiger partial charge on any atom is -0.462 e. The number of hydrogen-bond acceptors (Lipinski definition) is 7. The molecule has 2 unspecified atom stereocenters. The Morgan fingerprint density at radius 1 is 0.522 bits per heavy atom. The SMILES string of the molecule is CCCCCCCCCCCCCCCCCCC(=O)OC(COC(=O)CCCCCCCCCCCCC)COP(=O)(O)OC. The van der Waals surface area contributed by atoms with E-state index in [1.165, 1.54) is 135 Å². The van der Waals surface area contributed by atoms with E-state index in [0.717, 1.165) is 45.6 Å². The minimum absolute atomic E-state index is 0.217.